The van der Waals surface area contributed by atoms with E-state index >= 15 is 0 Å². The highest BCUT2D eigenvalue weighted by Gasteiger charge is 2.31. The first-order chi connectivity index (χ1) is 15.5. The molecule has 1 aliphatic heterocycles. The highest BCUT2D eigenvalue weighted by molar-refractivity contribution is 7.80. The summed E-state index contributed by atoms with van der Waals surface area (Å²) in [5.41, 5.74) is 2.66. The third-order valence-corrected chi connectivity index (χ3v) is 5.89. The summed E-state index contributed by atoms with van der Waals surface area (Å²) in [5, 5.41) is 4.09. The number of anilines is 1. The average molecular weight is 485 g/mol. The third-order valence-electron chi connectivity index (χ3n) is 4.81. The Balaban J connectivity index is 1.58. The lowest BCUT2D eigenvalue weighted by molar-refractivity contribution is -0.113. The minimum Gasteiger partial charge on any atom is -0.496 e. The number of carbonyl (C=O) groups excluding carboxylic acids is 1. The topological polar surface area (TPSA) is 50.8 Å². The van der Waals surface area contributed by atoms with Crippen molar-refractivity contribution in [1.82, 2.24) is 5.32 Å². The van der Waals surface area contributed by atoms with Crippen LogP contribution >= 0.6 is 35.4 Å². The number of carbonyl (C=O) groups is 1. The van der Waals surface area contributed by atoms with Gasteiger partial charge in [-0.3, -0.25) is 9.69 Å². The lowest BCUT2D eigenvalue weighted by Gasteiger charge is -2.13. The molecule has 162 valence electrons. The van der Waals surface area contributed by atoms with Gasteiger partial charge in [-0.15, -0.1) is 0 Å². The Kier molecular flexibility index (Phi) is 6.65. The molecule has 1 heterocycles. The number of methoxy groups -OCH3 is 1. The van der Waals surface area contributed by atoms with Gasteiger partial charge in [0, 0.05) is 5.56 Å². The SMILES string of the molecule is COc1ccc(/C=C2/NC(=S)N(c3ccccc3)C2=O)cc1COc1cccc(Cl)c1Cl. The van der Waals surface area contributed by atoms with E-state index in [0.29, 0.717) is 38.0 Å². The van der Waals surface area contributed by atoms with Gasteiger partial charge in [-0.05, 0) is 60.3 Å². The van der Waals surface area contributed by atoms with Crippen LogP contribution in [0.4, 0.5) is 5.69 Å². The average Bonchev–Trinajstić information content (AvgIpc) is 3.08. The van der Waals surface area contributed by atoms with Crippen LogP contribution in [0, 0.1) is 0 Å². The summed E-state index contributed by atoms with van der Waals surface area (Å²) >= 11 is 17.6. The maximum Gasteiger partial charge on any atom is 0.281 e. The second-order valence-electron chi connectivity index (χ2n) is 6.88. The van der Waals surface area contributed by atoms with Crippen molar-refractivity contribution in [2.75, 3.05) is 12.0 Å². The largest absolute Gasteiger partial charge is 0.496 e. The molecule has 0 radical (unpaired) electrons. The molecule has 0 spiro atoms. The fourth-order valence-electron chi connectivity index (χ4n) is 3.27. The minimum absolute atomic E-state index is 0.205. The summed E-state index contributed by atoms with van der Waals surface area (Å²) in [5.74, 6) is 0.902. The van der Waals surface area contributed by atoms with Crippen molar-refractivity contribution in [3.63, 3.8) is 0 Å². The van der Waals surface area contributed by atoms with Crippen molar-refractivity contribution in [2.45, 2.75) is 6.61 Å². The molecule has 1 aliphatic rings. The first kappa shape index (κ1) is 22.1. The summed E-state index contributed by atoms with van der Waals surface area (Å²) < 4.78 is 11.3. The fraction of sp³-hybridized carbons (Fsp3) is 0.0833. The molecule has 1 amide bonds. The van der Waals surface area contributed by atoms with Crippen molar-refractivity contribution in [1.29, 1.82) is 0 Å². The molecule has 0 aromatic heterocycles. The molecule has 1 saturated heterocycles. The first-order valence-electron chi connectivity index (χ1n) is 9.64. The minimum atomic E-state index is -0.222. The molecule has 0 atom stereocenters. The molecule has 32 heavy (non-hydrogen) atoms. The number of hydrogen-bond acceptors (Lipinski definition) is 4. The van der Waals surface area contributed by atoms with Crippen LogP contribution in [0.25, 0.3) is 6.08 Å². The Labute approximate surface area is 201 Å². The lowest BCUT2D eigenvalue weighted by Crippen LogP contribution is -2.30. The van der Waals surface area contributed by atoms with Crippen LogP contribution in [-0.2, 0) is 11.4 Å². The summed E-state index contributed by atoms with van der Waals surface area (Å²) in [6.07, 6.45) is 1.74. The molecule has 1 N–H and O–H groups in total. The number of nitrogens with one attached hydrogen (secondary N) is 1. The number of ether oxygens (including phenoxy) is 2. The van der Waals surface area contributed by atoms with E-state index in [1.54, 1.807) is 31.4 Å². The predicted octanol–water partition coefficient (Wildman–Crippen LogP) is 5.84. The van der Waals surface area contributed by atoms with Gasteiger partial charge < -0.3 is 14.8 Å². The monoisotopic (exact) mass is 484 g/mol. The molecule has 3 aromatic rings. The van der Waals surface area contributed by atoms with Gasteiger partial charge in [-0.25, -0.2) is 0 Å². The number of nitrogens with zero attached hydrogens (tertiary/aromatic N) is 1. The van der Waals surface area contributed by atoms with Gasteiger partial charge in [0.05, 0.1) is 17.8 Å². The third kappa shape index (κ3) is 4.58. The number of halogens is 2. The van der Waals surface area contributed by atoms with Crippen LogP contribution in [-0.4, -0.2) is 18.1 Å². The van der Waals surface area contributed by atoms with E-state index in [2.05, 4.69) is 5.32 Å². The van der Waals surface area contributed by atoms with Crippen LogP contribution in [0.1, 0.15) is 11.1 Å². The maximum absolute atomic E-state index is 12.9. The van der Waals surface area contributed by atoms with Gasteiger partial charge in [-0.1, -0.05) is 53.5 Å². The summed E-state index contributed by atoms with van der Waals surface area (Å²) in [7, 11) is 1.58. The molecular formula is C24H18Cl2N2O3S. The van der Waals surface area contributed by atoms with E-state index in [-0.39, 0.29) is 12.5 Å². The number of para-hydroxylation sites is 1. The predicted molar refractivity (Wildman–Crippen MR) is 131 cm³/mol. The molecule has 0 bridgehead atoms. The Morgan fingerprint density at radius 1 is 1.03 bits per heavy atom. The number of amides is 1. The molecular weight excluding hydrogens is 467 g/mol. The van der Waals surface area contributed by atoms with E-state index in [1.807, 2.05) is 48.5 Å². The van der Waals surface area contributed by atoms with Gasteiger partial charge in [0.1, 0.15) is 28.8 Å². The highest BCUT2D eigenvalue weighted by Crippen LogP contribution is 2.33. The number of rotatable bonds is 6. The highest BCUT2D eigenvalue weighted by atomic mass is 35.5. The van der Waals surface area contributed by atoms with Gasteiger partial charge in [0.15, 0.2) is 5.11 Å². The second-order valence-corrected chi connectivity index (χ2v) is 8.05. The Hall–Kier alpha value is -3.06. The molecule has 5 nitrogen and oxygen atoms in total. The maximum atomic E-state index is 12.9. The zero-order valence-corrected chi connectivity index (χ0v) is 19.3. The summed E-state index contributed by atoms with van der Waals surface area (Å²) in [4.78, 5) is 14.4. The quantitative estimate of drug-likeness (QED) is 0.351. The summed E-state index contributed by atoms with van der Waals surface area (Å²) in [6.45, 7) is 0.205. The van der Waals surface area contributed by atoms with Crippen LogP contribution in [0.3, 0.4) is 0 Å². The molecule has 0 aliphatic carbocycles. The standard InChI is InChI=1S/C24H18Cl2N2O3S/c1-30-20-11-10-15(12-16(20)14-31-21-9-5-8-18(25)22(21)26)13-19-23(29)28(24(32)27-19)17-6-3-2-4-7-17/h2-13H,14H2,1H3,(H,27,32)/b19-13+. The zero-order chi connectivity index (χ0) is 22.7. The van der Waals surface area contributed by atoms with Gasteiger partial charge in [0.2, 0.25) is 0 Å². The molecule has 0 saturated carbocycles. The van der Waals surface area contributed by atoms with Gasteiger partial charge in [-0.2, -0.15) is 0 Å². The van der Waals surface area contributed by atoms with Crippen molar-refractivity contribution < 1.29 is 14.3 Å². The van der Waals surface area contributed by atoms with Crippen molar-refractivity contribution >= 4 is 58.2 Å². The van der Waals surface area contributed by atoms with Crippen LogP contribution < -0.4 is 19.7 Å². The summed E-state index contributed by atoms with van der Waals surface area (Å²) in [6, 6.07) is 20.0. The fourth-order valence-corrected chi connectivity index (χ4v) is 3.91. The van der Waals surface area contributed by atoms with Crippen molar-refractivity contribution in [2.24, 2.45) is 0 Å². The number of hydrogen-bond donors (Lipinski definition) is 1. The smallest absolute Gasteiger partial charge is 0.281 e. The van der Waals surface area contributed by atoms with Gasteiger partial charge >= 0.3 is 0 Å². The van der Waals surface area contributed by atoms with E-state index in [9.17, 15) is 4.79 Å². The number of benzene rings is 3. The van der Waals surface area contributed by atoms with Crippen molar-refractivity contribution in [3.05, 3.63) is 93.6 Å². The molecule has 1 fully saturated rings. The lowest BCUT2D eigenvalue weighted by atomic mass is 10.1. The number of thiocarbonyl (C=S) groups is 1. The molecule has 3 aromatic carbocycles. The van der Waals surface area contributed by atoms with E-state index in [0.717, 1.165) is 11.1 Å². The van der Waals surface area contributed by atoms with E-state index < -0.39 is 0 Å². The molecule has 4 rings (SSSR count). The Morgan fingerprint density at radius 3 is 2.56 bits per heavy atom. The van der Waals surface area contributed by atoms with E-state index in [4.69, 9.17) is 44.9 Å². The zero-order valence-electron chi connectivity index (χ0n) is 17.0. The first-order valence-corrected chi connectivity index (χ1v) is 10.8. The van der Waals surface area contributed by atoms with Crippen LogP contribution in [0.5, 0.6) is 11.5 Å². The molecule has 0 unspecified atom stereocenters. The van der Waals surface area contributed by atoms with E-state index in [1.165, 1.54) is 4.90 Å². The molecule has 8 heteroatoms. The Bertz CT molecular complexity index is 1220. The second kappa shape index (κ2) is 9.61. The Morgan fingerprint density at radius 2 is 1.81 bits per heavy atom. The van der Waals surface area contributed by atoms with Gasteiger partial charge in [0.25, 0.3) is 5.91 Å². The van der Waals surface area contributed by atoms with Crippen molar-refractivity contribution in [3.8, 4) is 11.5 Å². The normalized spacial score (nSPS) is 14.6. The van der Waals surface area contributed by atoms with Crippen LogP contribution in [0.15, 0.2) is 72.4 Å². The van der Waals surface area contributed by atoms with Crippen LogP contribution in [0.2, 0.25) is 10.0 Å².